The first kappa shape index (κ1) is 9.83. The maximum Gasteiger partial charge on any atom is 0.267 e. The van der Waals surface area contributed by atoms with E-state index in [4.69, 9.17) is 14.2 Å². The molecule has 0 fully saturated rings. The molecule has 2 aromatic rings. The van der Waals surface area contributed by atoms with Crippen LogP contribution in [-0.4, -0.2) is 6.61 Å². The molecule has 3 heteroatoms. The molecule has 90 valence electrons. The summed E-state index contributed by atoms with van der Waals surface area (Å²) in [5, 5.41) is 0. The van der Waals surface area contributed by atoms with Crippen molar-refractivity contribution in [2.75, 3.05) is 6.61 Å². The van der Waals surface area contributed by atoms with Gasteiger partial charge in [-0.3, -0.25) is 0 Å². The summed E-state index contributed by atoms with van der Waals surface area (Å²) in [6.07, 6.45) is 0.622. The van der Waals surface area contributed by atoms with Gasteiger partial charge in [0, 0.05) is 12.0 Å². The van der Waals surface area contributed by atoms with Crippen LogP contribution in [0.5, 0.6) is 17.2 Å². The number of hydrogen-bond acceptors (Lipinski definition) is 3. The summed E-state index contributed by atoms with van der Waals surface area (Å²) in [5.74, 6) is 2.59. The van der Waals surface area contributed by atoms with E-state index in [2.05, 4.69) is 6.07 Å². The van der Waals surface area contributed by atoms with Gasteiger partial charge >= 0.3 is 0 Å². The summed E-state index contributed by atoms with van der Waals surface area (Å²) >= 11 is 0. The van der Waals surface area contributed by atoms with Gasteiger partial charge in [-0.1, -0.05) is 12.1 Å². The third-order valence-electron chi connectivity index (χ3n) is 3.30. The highest BCUT2D eigenvalue weighted by molar-refractivity contribution is 5.45. The zero-order valence-corrected chi connectivity index (χ0v) is 9.76. The number of benzene rings is 2. The molecule has 0 aromatic heterocycles. The second-order valence-electron chi connectivity index (χ2n) is 4.48. The van der Waals surface area contributed by atoms with Gasteiger partial charge in [0.25, 0.3) is 6.29 Å². The monoisotopic (exact) mass is 240 g/mol. The number of ether oxygens (including phenoxy) is 3. The molecule has 0 saturated carbocycles. The lowest BCUT2D eigenvalue weighted by atomic mass is 10.1. The molecule has 3 nitrogen and oxygen atoms in total. The van der Waals surface area contributed by atoms with Gasteiger partial charge in [-0.2, -0.15) is 0 Å². The first-order valence-corrected chi connectivity index (χ1v) is 6.08. The molecule has 0 unspecified atom stereocenters. The normalized spacial score (nSPS) is 16.4. The fraction of sp³-hybridized carbons (Fsp3) is 0.200. The minimum Gasteiger partial charge on any atom is -0.493 e. The predicted octanol–water partition coefficient (Wildman–Crippen LogP) is 3.09. The minimum absolute atomic E-state index is 0.340. The molecule has 2 aromatic carbocycles. The van der Waals surface area contributed by atoms with E-state index >= 15 is 0 Å². The van der Waals surface area contributed by atoms with E-state index in [-0.39, 0.29) is 6.29 Å². The van der Waals surface area contributed by atoms with E-state index in [1.54, 1.807) is 0 Å². The van der Waals surface area contributed by atoms with Crippen LogP contribution in [0.3, 0.4) is 0 Å². The molecule has 2 heterocycles. The van der Waals surface area contributed by atoms with Crippen LogP contribution in [0.15, 0.2) is 42.5 Å². The Morgan fingerprint density at radius 2 is 1.67 bits per heavy atom. The van der Waals surface area contributed by atoms with Crippen molar-refractivity contribution < 1.29 is 14.2 Å². The highest BCUT2D eigenvalue weighted by Gasteiger charge is 2.26. The number of fused-ring (bicyclic) bond motifs is 2. The summed E-state index contributed by atoms with van der Waals surface area (Å²) in [6.45, 7) is 0.769. The highest BCUT2D eigenvalue weighted by atomic mass is 16.7. The van der Waals surface area contributed by atoms with Gasteiger partial charge in [0.2, 0.25) is 0 Å². The molecule has 0 aliphatic carbocycles. The van der Waals surface area contributed by atoms with E-state index in [0.717, 1.165) is 35.8 Å². The number of hydrogen-bond donors (Lipinski definition) is 0. The van der Waals surface area contributed by atoms with Gasteiger partial charge in [0.15, 0.2) is 11.5 Å². The van der Waals surface area contributed by atoms with Gasteiger partial charge in [-0.05, 0) is 35.9 Å². The zero-order valence-electron chi connectivity index (χ0n) is 9.76. The van der Waals surface area contributed by atoms with Crippen molar-refractivity contribution >= 4 is 0 Å². The average Bonchev–Trinajstić information content (AvgIpc) is 3.04. The SMILES string of the molecule is c1ccc2c(c1)OC(c1ccc3c(c1)CCO3)O2. The third kappa shape index (κ3) is 1.44. The summed E-state index contributed by atoms with van der Waals surface area (Å²) in [4.78, 5) is 0. The smallest absolute Gasteiger partial charge is 0.267 e. The average molecular weight is 240 g/mol. The topological polar surface area (TPSA) is 27.7 Å². The third-order valence-corrected chi connectivity index (χ3v) is 3.30. The van der Waals surface area contributed by atoms with Crippen LogP contribution in [0.1, 0.15) is 17.4 Å². The lowest BCUT2D eigenvalue weighted by molar-refractivity contribution is 0.0486. The van der Waals surface area contributed by atoms with Crippen LogP contribution < -0.4 is 14.2 Å². The Kier molecular flexibility index (Phi) is 2.00. The van der Waals surface area contributed by atoms with Crippen molar-refractivity contribution in [3.63, 3.8) is 0 Å². The number of para-hydroxylation sites is 2. The quantitative estimate of drug-likeness (QED) is 0.766. The van der Waals surface area contributed by atoms with Crippen molar-refractivity contribution in [1.29, 1.82) is 0 Å². The van der Waals surface area contributed by atoms with Crippen molar-refractivity contribution in [3.05, 3.63) is 53.6 Å². The van der Waals surface area contributed by atoms with Gasteiger partial charge in [-0.15, -0.1) is 0 Å². The van der Waals surface area contributed by atoms with Crippen LogP contribution >= 0.6 is 0 Å². The summed E-state index contributed by atoms with van der Waals surface area (Å²) in [5.41, 5.74) is 2.27. The molecule has 2 aliphatic rings. The maximum absolute atomic E-state index is 5.79. The Bertz CT molecular complexity index is 581. The molecule has 0 radical (unpaired) electrons. The van der Waals surface area contributed by atoms with E-state index in [9.17, 15) is 0 Å². The molecule has 0 amide bonds. The molecule has 4 rings (SSSR count). The molecule has 0 saturated heterocycles. The second kappa shape index (κ2) is 3.67. The lowest BCUT2D eigenvalue weighted by Gasteiger charge is -2.11. The first-order chi connectivity index (χ1) is 8.90. The fourth-order valence-electron chi connectivity index (χ4n) is 2.39. The molecule has 2 aliphatic heterocycles. The van der Waals surface area contributed by atoms with Gasteiger partial charge < -0.3 is 14.2 Å². The van der Waals surface area contributed by atoms with Gasteiger partial charge in [0.05, 0.1) is 6.61 Å². The summed E-state index contributed by atoms with van der Waals surface area (Å²) < 4.78 is 17.1. The van der Waals surface area contributed by atoms with Crippen LogP contribution in [0.2, 0.25) is 0 Å². The van der Waals surface area contributed by atoms with Crippen LogP contribution in [-0.2, 0) is 6.42 Å². The van der Waals surface area contributed by atoms with Crippen molar-refractivity contribution in [3.8, 4) is 17.2 Å². The predicted molar refractivity (Wildman–Crippen MR) is 66.1 cm³/mol. The largest absolute Gasteiger partial charge is 0.493 e. The first-order valence-electron chi connectivity index (χ1n) is 6.08. The van der Waals surface area contributed by atoms with Crippen molar-refractivity contribution in [2.24, 2.45) is 0 Å². The van der Waals surface area contributed by atoms with Crippen molar-refractivity contribution in [2.45, 2.75) is 12.7 Å². The Labute approximate surface area is 105 Å². The second-order valence-corrected chi connectivity index (χ2v) is 4.48. The Morgan fingerprint density at radius 3 is 2.44 bits per heavy atom. The molecular weight excluding hydrogens is 228 g/mol. The van der Waals surface area contributed by atoms with Crippen LogP contribution in [0.4, 0.5) is 0 Å². The molecule has 0 bridgehead atoms. The van der Waals surface area contributed by atoms with Crippen molar-refractivity contribution in [1.82, 2.24) is 0 Å². The molecule has 0 N–H and O–H groups in total. The summed E-state index contributed by atoms with van der Waals surface area (Å²) in [7, 11) is 0. The Morgan fingerprint density at radius 1 is 0.889 bits per heavy atom. The highest BCUT2D eigenvalue weighted by Crippen LogP contribution is 2.40. The van der Waals surface area contributed by atoms with E-state index in [1.807, 2.05) is 36.4 Å². The Balaban J connectivity index is 1.66. The van der Waals surface area contributed by atoms with E-state index in [0.29, 0.717) is 0 Å². The van der Waals surface area contributed by atoms with Gasteiger partial charge in [-0.25, -0.2) is 0 Å². The maximum atomic E-state index is 5.79. The van der Waals surface area contributed by atoms with E-state index < -0.39 is 0 Å². The zero-order chi connectivity index (χ0) is 11.9. The standard InChI is InChI=1S/C15H12O3/c1-2-4-14-13(3-1)17-15(18-14)11-5-6-12-10(9-11)7-8-16-12/h1-6,9,15H,7-8H2. The van der Waals surface area contributed by atoms with E-state index in [1.165, 1.54) is 5.56 Å². The minimum atomic E-state index is -0.340. The molecular formula is C15H12O3. The molecule has 0 spiro atoms. The fourth-order valence-corrected chi connectivity index (χ4v) is 2.39. The van der Waals surface area contributed by atoms with Gasteiger partial charge in [0.1, 0.15) is 5.75 Å². The van der Waals surface area contributed by atoms with Crippen LogP contribution in [0.25, 0.3) is 0 Å². The Hall–Kier alpha value is -2.16. The van der Waals surface area contributed by atoms with Crippen LogP contribution in [0, 0.1) is 0 Å². The summed E-state index contributed by atoms with van der Waals surface area (Å²) in [6, 6.07) is 13.8. The lowest BCUT2D eigenvalue weighted by Crippen LogP contribution is -2.08. The number of rotatable bonds is 1. The molecule has 18 heavy (non-hydrogen) atoms. The molecule has 0 atom stereocenters.